The molecule has 17 heteroatoms. The van der Waals surface area contributed by atoms with Crippen LogP contribution < -0.4 is 10.6 Å². The van der Waals surface area contributed by atoms with E-state index in [0.717, 1.165) is 58.3 Å². The number of hydrogen-bond donors (Lipinski definition) is 11. The number of aliphatic hydroxyl groups excluding tert-OH is 9. The number of carbonyl (C=O) groups excluding carboxylic acids is 2. The van der Waals surface area contributed by atoms with Crippen molar-refractivity contribution in [2.24, 2.45) is 0 Å². The van der Waals surface area contributed by atoms with Crippen LogP contribution in [0.15, 0.2) is 0 Å². The largest absolute Gasteiger partial charge is 0.394 e. The lowest BCUT2D eigenvalue weighted by Crippen LogP contribution is -2.68. The fourth-order valence-corrected chi connectivity index (χ4v) is 10.2. The van der Waals surface area contributed by atoms with E-state index in [4.69, 9.17) is 18.9 Å². The van der Waals surface area contributed by atoms with Crippen LogP contribution in [0.5, 0.6) is 0 Å². The van der Waals surface area contributed by atoms with Gasteiger partial charge in [0.05, 0.1) is 32.0 Å². The molecule has 0 aromatic carbocycles. The minimum Gasteiger partial charge on any atom is -0.394 e. The van der Waals surface area contributed by atoms with Crippen molar-refractivity contribution in [3.63, 3.8) is 0 Å². The minimum absolute atomic E-state index is 0.195. The number of rotatable bonds is 46. The van der Waals surface area contributed by atoms with E-state index in [-0.39, 0.29) is 12.8 Å². The van der Waals surface area contributed by atoms with Crippen molar-refractivity contribution in [1.29, 1.82) is 0 Å². The maximum absolute atomic E-state index is 13.5. The first kappa shape index (κ1) is 67.5. The van der Waals surface area contributed by atoms with Crippen molar-refractivity contribution >= 4 is 11.8 Å². The van der Waals surface area contributed by atoms with E-state index < -0.39 is 117 Å². The molecule has 0 radical (unpaired) electrons. The summed E-state index contributed by atoms with van der Waals surface area (Å²) < 4.78 is 23.2. The molecular formula is C56H108N2O15. The Kier molecular flexibility index (Phi) is 39.3. The lowest BCUT2D eigenvalue weighted by Gasteiger charge is -2.47. The van der Waals surface area contributed by atoms with Crippen molar-refractivity contribution in [3.8, 4) is 0 Å². The smallest absolute Gasteiger partial charge is 0.249 e. The molecule has 2 fully saturated rings. The topological polar surface area (TPSA) is 277 Å². The Labute approximate surface area is 440 Å². The summed E-state index contributed by atoms with van der Waals surface area (Å²) in [5.74, 6) is -1.40. The first-order valence-electron chi connectivity index (χ1n) is 29.4. The Morgan fingerprint density at radius 2 is 0.890 bits per heavy atom. The third-order valence-corrected chi connectivity index (χ3v) is 14.9. The number of unbranched alkanes of at least 4 members (excludes halogenated alkanes) is 30. The Balaban J connectivity index is 1.95. The quantitative estimate of drug-likeness (QED) is 0.0285. The molecule has 0 aromatic rings. The fraction of sp³-hybridized carbons (Fsp3) is 0.964. The van der Waals surface area contributed by atoms with Gasteiger partial charge in [-0.05, 0) is 12.8 Å². The molecule has 17 nitrogen and oxygen atoms in total. The lowest BCUT2D eigenvalue weighted by molar-refractivity contribution is -0.348. The number of nitrogens with one attached hydrogen (secondary N) is 2. The molecule has 0 aliphatic carbocycles. The molecule has 2 aliphatic rings. The van der Waals surface area contributed by atoms with Crippen LogP contribution in [0.1, 0.15) is 239 Å². The van der Waals surface area contributed by atoms with Gasteiger partial charge < -0.3 is 75.5 Å². The van der Waals surface area contributed by atoms with E-state index in [1.54, 1.807) is 0 Å². The Morgan fingerprint density at radius 3 is 1.30 bits per heavy atom. The van der Waals surface area contributed by atoms with Crippen LogP contribution in [-0.2, 0) is 28.5 Å². The van der Waals surface area contributed by atoms with E-state index in [1.807, 2.05) is 0 Å². The third-order valence-electron chi connectivity index (χ3n) is 14.9. The van der Waals surface area contributed by atoms with Gasteiger partial charge in [-0.3, -0.25) is 9.59 Å². The van der Waals surface area contributed by atoms with Crippen LogP contribution in [0.4, 0.5) is 0 Å². The SMILES string of the molecule is CCCCCCCCCCCCCCCCCCCC[C@@H](O)C(=O)N[C@@H](CO[C@H]1O[C@H](CO)[C@H](O)[C@H](O[C@H]2O[C@H](CO)[C@H](O)[C@H](O)[C@H]2NC(C)=O)[C@H]1O)[C@H](O)[C@H](O)CCCCCCCCCCCCCCCC. The molecule has 73 heavy (non-hydrogen) atoms. The minimum atomic E-state index is -1.85. The highest BCUT2D eigenvalue weighted by Gasteiger charge is 2.51. The summed E-state index contributed by atoms with van der Waals surface area (Å²) >= 11 is 0. The van der Waals surface area contributed by atoms with Crippen molar-refractivity contribution < 1.29 is 74.5 Å². The van der Waals surface area contributed by atoms with Crippen LogP contribution in [0.3, 0.4) is 0 Å². The van der Waals surface area contributed by atoms with E-state index in [0.29, 0.717) is 12.8 Å². The standard InChI is InChI=1S/C56H108N2O15/c1-4-6-8-10-12-14-16-18-20-21-22-23-25-27-29-31-33-35-37-44(63)54(69)58-42(48(64)43(62)36-34-32-30-28-26-24-19-17-15-13-11-9-7-5-2)40-70-56-52(68)53(50(66)46(39-60)72-56)73-55-47(57-41(3)61)51(67)49(65)45(38-59)71-55/h42-53,55-56,59-60,62-68H,4-40H2,1-3H3,(H,57,61)(H,58,69)/t42-,43+,44+,45+,46+,47+,48-,49-,50-,51+,52+,53-,55+,56-/m0/s1. The highest BCUT2D eigenvalue weighted by molar-refractivity contribution is 5.80. The Bertz CT molecular complexity index is 1340. The average molecular weight is 1050 g/mol. The zero-order chi connectivity index (χ0) is 53.6. The van der Waals surface area contributed by atoms with Gasteiger partial charge in [0.15, 0.2) is 12.6 Å². The van der Waals surface area contributed by atoms with Gasteiger partial charge in [0.25, 0.3) is 0 Å². The number of aliphatic hydroxyl groups is 9. The van der Waals surface area contributed by atoms with Gasteiger partial charge in [-0.25, -0.2) is 0 Å². The predicted molar refractivity (Wildman–Crippen MR) is 282 cm³/mol. The maximum atomic E-state index is 13.5. The van der Waals surface area contributed by atoms with Crippen LogP contribution in [0, 0.1) is 0 Å². The summed E-state index contributed by atoms with van der Waals surface area (Å²) in [6.45, 7) is 3.56. The van der Waals surface area contributed by atoms with Gasteiger partial charge >= 0.3 is 0 Å². The van der Waals surface area contributed by atoms with Gasteiger partial charge in [0, 0.05) is 6.92 Å². The summed E-state index contributed by atoms with van der Waals surface area (Å²) in [7, 11) is 0. The molecule has 2 heterocycles. The zero-order valence-corrected chi connectivity index (χ0v) is 45.7. The summed E-state index contributed by atoms with van der Waals surface area (Å²) in [4.78, 5) is 25.5. The molecule has 0 aromatic heterocycles. The molecule has 2 amide bonds. The molecular weight excluding hydrogens is 941 g/mol. The van der Waals surface area contributed by atoms with Crippen molar-refractivity contribution in [1.82, 2.24) is 10.6 Å². The van der Waals surface area contributed by atoms with Crippen molar-refractivity contribution in [3.05, 3.63) is 0 Å². The van der Waals surface area contributed by atoms with Gasteiger partial charge in [-0.2, -0.15) is 0 Å². The molecule has 11 N–H and O–H groups in total. The molecule has 0 unspecified atom stereocenters. The fourth-order valence-electron chi connectivity index (χ4n) is 10.2. The average Bonchev–Trinajstić information content (AvgIpc) is 3.37. The Morgan fingerprint density at radius 1 is 0.507 bits per heavy atom. The highest BCUT2D eigenvalue weighted by atomic mass is 16.7. The molecule has 0 saturated carbocycles. The summed E-state index contributed by atoms with van der Waals surface area (Å²) in [5.41, 5.74) is 0. The van der Waals surface area contributed by atoms with E-state index in [2.05, 4.69) is 24.5 Å². The van der Waals surface area contributed by atoms with Gasteiger partial charge in [-0.15, -0.1) is 0 Å². The molecule has 2 aliphatic heterocycles. The molecule has 0 spiro atoms. The summed E-state index contributed by atoms with van der Waals surface area (Å²) in [6.07, 6.45) is 19.8. The molecule has 2 saturated heterocycles. The van der Waals surface area contributed by atoms with E-state index in [1.165, 1.54) is 141 Å². The van der Waals surface area contributed by atoms with Crippen molar-refractivity contribution in [2.45, 2.75) is 325 Å². The second-order valence-electron chi connectivity index (χ2n) is 21.4. The van der Waals surface area contributed by atoms with Gasteiger partial charge in [-0.1, -0.05) is 219 Å². The van der Waals surface area contributed by atoms with Crippen LogP contribution in [0.25, 0.3) is 0 Å². The predicted octanol–water partition coefficient (Wildman–Crippen LogP) is 6.64. The second kappa shape index (κ2) is 42.4. The van der Waals surface area contributed by atoms with E-state index >= 15 is 0 Å². The molecule has 14 atom stereocenters. The van der Waals surface area contributed by atoms with E-state index in [9.17, 15) is 55.5 Å². The summed E-state index contributed by atoms with van der Waals surface area (Å²) in [6, 6.07) is -2.72. The first-order chi connectivity index (χ1) is 35.3. The first-order valence-corrected chi connectivity index (χ1v) is 29.4. The summed E-state index contributed by atoms with van der Waals surface area (Å²) in [5, 5.41) is 103. The second-order valence-corrected chi connectivity index (χ2v) is 21.4. The Hall–Kier alpha value is -1.58. The molecule has 2 rings (SSSR count). The number of carbonyl (C=O) groups is 2. The van der Waals surface area contributed by atoms with Gasteiger partial charge in [0.1, 0.15) is 61.0 Å². The number of amides is 2. The number of ether oxygens (including phenoxy) is 4. The lowest BCUT2D eigenvalue weighted by atomic mass is 9.95. The zero-order valence-electron chi connectivity index (χ0n) is 45.7. The van der Waals surface area contributed by atoms with Crippen molar-refractivity contribution in [2.75, 3.05) is 19.8 Å². The monoisotopic (exact) mass is 1050 g/mol. The third kappa shape index (κ3) is 28.6. The highest BCUT2D eigenvalue weighted by Crippen LogP contribution is 2.30. The van der Waals surface area contributed by atoms with Crippen LogP contribution in [0.2, 0.25) is 0 Å². The van der Waals surface area contributed by atoms with Gasteiger partial charge in [0.2, 0.25) is 11.8 Å². The molecule has 0 bridgehead atoms. The normalized spacial score (nSPS) is 26.1. The molecule has 432 valence electrons. The van der Waals surface area contributed by atoms with Crippen LogP contribution in [-0.4, -0.2) is 163 Å². The maximum Gasteiger partial charge on any atom is 0.249 e. The number of hydrogen-bond acceptors (Lipinski definition) is 15. The van der Waals surface area contributed by atoms with Crippen LogP contribution >= 0.6 is 0 Å².